The second-order valence-electron chi connectivity index (χ2n) is 3.83. The molecule has 2 rings (SSSR count). The number of rotatable bonds is 3. The first-order chi connectivity index (χ1) is 8.04. The normalized spacial score (nSPS) is 12.2. The van der Waals surface area contributed by atoms with E-state index in [9.17, 15) is 13.2 Å². The third-order valence-electron chi connectivity index (χ3n) is 2.64. The third-order valence-corrected chi connectivity index (χ3v) is 3.71. The largest absolute Gasteiger partial charge is 0.417 e. The Kier molecular flexibility index (Phi) is 3.40. The minimum Gasteiger partial charge on any atom is -0.330 e. The number of hydrogen-bond acceptors (Lipinski definition) is 2. The fourth-order valence-electron chi connectivity index (χ4n) is 1.82. The Morgan fingerprint density at radius 2 is 2.00 bits per heavy atom. The van der Waals surface area contributed by atoms with E-state index in [-0.39, 0.29) is 0 Å². The first-order valence-corrected chi connectivity index (χ1v) is 6.18. The first-order valence-electron chi connectivity index (χ1n) is 5.30. The first kappa shape index (κ1) is 12.4. The van der Waals surface area contributed by atoms with Crippen molar-refractivity contribution >= 4 is 21.4 Å². The molecule has 0 fully saturated rings. The van der Waals surface area contributed by atoms with E-state index in [1.54, 1.807) is 11.4 Å². The molecule has 0 saturated heterocycles. The van der Waals surface area contributed by atoms with Crippen molar-refractivity contribution in [2.75, 3.05) is 6.54 Å². The number of alkyl halides is 3. The molecule has 0 unspecified atom stereocenters. The number of hydrogen-bond donors (Lipinski definition) is 1. The quantitative estimate of drug-likeness (QED) is 0.891. The summed E-state index contributed by atoms with van der Waals surface area (Å²) in [7, 11) is 0. The van der Waals surface area contributed by atoms with Crippen LogP contribution in [0.25, 0.3) is 10.1 Å². The summed E-state index contributed by atoms with van der Waals surface area (Å²) in [6, 6.07) is 4.34. The van der Waals surface area contributed by atoms with Gasteiger partial charge in [0.05, 0.1) is 5.56 Å². The number of fused-ring (bicyclic) bond motifs is 1. The van der Waals surface area contributed by atoms with Crippen LogP contribution in [0.3, 0.4) is 0 Å². The summed E-state index contributed by atoms with van der Waals surface area (Å²) in [5, 5.41) is 2.51. The molecule has 2 N–H and O–H groups in total. The molecule has 1 nitrogen and oxygen atoms in total. The number of thiophene rings is 1. The van der Waals surface area contributed by atoms with E-state index in [1.807, 2.05) is 0 Å². The van der Waals surface area contributed by atoms with Crippen molar-refractivity contribution in [3.05, 3.63) is 34.7 Å². The van der Waals surface area contributed by atoms with E-state index in [4.69, 9.17) is 5.73 Å². The monoisotopic (exact) mass is 259 g/mol. The summed E-state index contributed by atoms with van der Waals surface area (Å²) in [5.41, 5.74) is 5.83. The molecular formula is C12H12F3NS. The zero-order valence-corrected chi connectivity index (χ0v) is 9.87. The van der Waals surface area contributed by atoms with Gasteiger partial charge in [-0.3, -0.25) is 0 Å². The Labute approximate surface area is 101 Å². The molecule has 2 aromatic rings. The fourth-order valence-corrected chi connectivity index (χ4v) is 2.96. The minimum atomic E-state index is -4.28. The molecule has 1 aromatic heterocycles. The Morgan fingerprint density at radius 1 is 1.24 bits per heavy atom. The molecule has 0 saturated carbocycles. The van der Waals surface area contributed by atoms with Gasteiger partial charge in [-0.05, 0) is 41.8 Å². The van der Waals surface area contributed by atoms with Gasteiger partial charge in [-0.25, -0.2) is 0 Å². The van der Waals surface area contributed by atoms with E-state index in [0.717, 1.165) is 35.8 Å². The molecule has 0 aliphatic rings. The molecular weight excluding hydrogens is 247 g/mol. The van der Waals surface area contributed by atoms with Gasteiger partial charge < -0.3 is 5.73 Å². The minimum absolute atomic E-state index is 0.326. The van der Waals surface area contributed by atoms with Crippen LogP contribution in [0, 0.1) is 0 Å². The standard InChI is InChI=1S/C12H12F3NS/c13-12(14,15)10-5-1-4-9-8(3-2-6-16)7-17-11(9)10/h1,4-5,7H,2-3,6,16H2. The maximum atomic E-state index is 12.8. The SMILES string of the molecule is NCCCc1csc2c(C(F)(F)F)cccc12. The van der Waals surface area contributed by atoms with Crippen LogP contribution in [0.5, 0.6) is 0 Å². The van der Waals surface area contributed by atoms with E-state index in [0.29, 0.717) is 16.6 Å². The predicted molar refractivity (Wildman–Crippen MR) is 64.2 cm³/mol. The smallest absolute Gasteiger partial charge is 0.330 e. The van der Waals surface area contributed by atoms with Crippen molar-refractivity contribution in [2.45, 2.75) is 19.0 Å². The fraction of sp³-hybridized carbons (Fsp3) is 0.333. The average Bonchev–Trinajstić information content (AvgIpc) is 2.67. The van der Waals surface area contributed by atoms with Crippen LogP contribution in [0.15, 0.2) is 23.6 Å². The van der Waals surface area contributed by atoms with Gasteiger partial charge in [0.2, 0.25) is 0 Å². The third kappa shape index (κ3) is 2.45. The van der Waals surface area contributed by atoms with Crippen molar-refractivity contribution in [3.63, 3.8) is 0 Å². The molecule has 92 valence electrons. The molecule has 1 aromatic carbocycles. The highest BCUT2D eigenvalue weighted by Gasteiger charge is 2.33. The van der Waals surface area contributed by atoms with E-state index < -0.39 is 11.7 Å². The lowest BCUT2D eigenvalue weighted by Crippen LogP contribution is -2.04. The summed E-state index contributed by atoms with van der Waals surface area (Å²) < 4.78 is 38.6. The van der Waals surface area contributed by atoms with Crippen molar-refractivity contribution < 1.29 is 13.2 Å². The van der Waals surface area contributed by atoms with Crippen molar-refractivity contribution in [1.29, 1.82) is 0 Å². The highest BCUT2D eigenvalue weighted by molar-refractivity contribution is 7.17. The van der Waals surface area contributed by atoms with Crippen molar-refractivity contribution in [2.24, 2.45) is 5.73 Å². The van der Waals surface area contributed by atoms with E-state index in [2.05, 4.69) is 0 Å². The Morgan fingerprint density at radius 3 is 2.65 bits per heavy atom. The van der Waals surface area contributed by atoms with Gasteiger partial charge >= 0.3 is 6.18 Å². The number of benzene rings is 1. The van der Waals surface area contributed by atoms with Gasteiger partial charge in [0.1, 0.15) is 0 Å². The van der Waals surface area contributed by atoms with Gasteiger partial charge in [0, 0.05) is 4.70 Å². The average molecular weight is 259 g/mol. The van der Waals surface area contributed by atoms with Crippen LogP contribution in [-0.4, -0.2) is 6.54 Å². The van der Waals surface area contributed by atoms with Crippen LogP contribution in [0.4, 0.5) is 13.2 Å². The van der Waals surface area contributed by atoms with Gasteiger partial charge in [-0.2, -0.15) is 13.2 Å². The maximum Gasteiger partial charge on any atom is 0.417 e. The second-order valence-corrected chi connectivity index (χ2v) is 4.71. The lowest BCUT2D eigenvalue weighted by Gasteiger charge is -2.07. The molecule has 0 bridgehead atoms. The van der Waals surface area contributed by atoms with Gasteiger partial charge in [0.25, 0.3) is 0 Å². The lowest BCUT2D eigenvalue weighted by atomic mass is 10.1. The van der Waals surface area contributed by atoms with Crippen molar-refractivity contribution in [1.82, 2.24) is 0 Å². The molecule has 0 atom stereocenters. The Bertz CT molecular complexity index is 516. The summed E-state index contributed by atoms with van der Waals surface area (Å²) in [4.78, 5) is 0. The lowest BCUT2D eigenvalue weighted by molar-refractivity contribution is -0.136. The summed E-state index contributed by atoms with van der Waals surface area (Å²) in [6.45, 7) is 0.552. The Hall–Kier alpha value is -1.07. The molecule has 0 aliphatic heterocycles. The highest BCUT2D eigenvalue weighted by Crippen LogP contribution is 2.38. The van der Waals surface area contributed by atoms with Gasteiger partial charge in [0.15, 0.2) is 0 Å². The molecule has 5 heteroatoms. The second kappa shape index (κ2) is 4.66. The molecule has 0 spiro atoms. The van der Waals surface area contributed by atoms with Crippen LogP contribution in [0.1, 0.15) is 17.5 Å². The van der Waals surface area contributed by atoms with Crippen LogP contribution in [0.2, 0.25) is 0 Å². The van der Waals surface area contributed by atoms with E-state index >= 15 is 0 Å². The van der Waals surface area contributed by atoms with Crippen LogP contribution in [-0.2, 0) is 12.6 Å². The van der Waals surface area contributed by atoms with Gasteiger partial charge in [-0.15, -0.1) is 11.3 Å². The van der Waals surface area contributed by atoms with Crippen LogP contribution >= 0.6 is 11.3 Å². The Balaban J connectivity index is 2.49. The van der Waals surface area contributed by atoms with Gasteiger partial charge in [-0.1, -0.05) is 12.1 Å². The molecule has 0 aliphatic carbocycles. The molecule has 17 heavy (non-hydrogen) atoms. The van der Waals surface area contributed by atoms with Crippen LogP contribution < -0.4 is 5.73 Å². The zero-order valence-electron chi connectivity index (χ0n) is 9.05. The van der Waals surface area contributed by atoms with E-state index in [1.165, 1.54) is 6.07 Å². The summed E-state index contributed by atoms with van der Waals surface area (Å²) in [5.74, 6) is 0. The topological polar surface area (TPSA) is 26.0 Å². The zero-order chi connectivity index (χ0) is 12.5. The summed E-state index contributed by atoms with van der Waals surface area (Å²) >= 11 is 1.16. The molecule has 0 amide bonds. The molecule has 1 heterocycles. The molecule has 0 radical (unpaired) electrons. The number of nitrogens with two attached hydrogens (primary N) is 1. The summed E-state index contributed by atoms with van der Waals surface area (Å²) in [6.07, 6.45) is -2.75. The predicted octanol–water partition coefficient (Wildman–Crippen LogP) is 3.81. The number of aryl methyl sites for hydroxylation is 1. The maximum absolute atomic E-state index is 12.8. The van der Waals surface area contributed by atoms with Crippen molar-refractivity contribution in [3.8, 4) is 0 Å². The number of halogens is 3. The highest BCUT2D eigenvalue weighted by atomic mass is 32.1.